The molecule has 0 aliphatic carbocycles. The standard InChI is InChI=1S/C4H11N.C3H10N2.C3H9NO.C3H9NS.C3H9N/c1-2-3-4-5;3*1-5-3-2-4;1-2-3-4/h2-5H2,1H3;5H,2-4H2,1H3;2*2-4H2,1H3;2-4H2,1H3. The molecule has 0 amide bonds. The van der Waals surface area contributed by atoms with Gasteiger partial charge in [0.15, 0.2) is 0 Å². The summed E-state index contributed by atoms with van der Waals surface area (Å²) in [7, 11) is 3.51. The van der Waals surface area contributed by atoms with Gasteiger partial charge >= 0.3 is 0 Å². The van der Waals surface area contributed by atoms with Crippen LogP contribution in [0.15, 0.2) is 0 Å². The number of nitrogens with one attached hydrogen (secondary N) is 1. The zero-order valence-corrected chi connectivity index (χ0v) is 17.8. The van der Waals surface area contributed by atoms with E-state index in [-0.39, 0.29) is 0 Å². The van der Waals surface area contributed by atoms with Crippen molar-refractivity contribution in [2.75, 3.05) is 72.0 Å². The van der Waals surface area contributed by atoms with Crippen molar-refractivity contribution in [2.24, 2.45) is 28.7 Å². The highest BCUT2D eigenvalue weighted by atomic mass is 32.2. The van der Waals surface area contributed by atoms with Gasteiger partial charge in [-0.15, -0.1) is 0 Å². The normalized spacial score (nSPS) is 8.25. The molecule has 0 aromatic heterocycles. The fraction of sp³-hybridized carbons (Fsp3) is 1.00. The molecule has 0 heterocycles. The Labute approximate surface area is 156 Å². The van der Waals surface area contributed by atoms with Gasteiger partial charge in [0.1, 0.15) is 0 Å². The summed E-state index contributed by atoms with van der Waals surface area (Å²) < 4.78 is 4.57. The predicted molar refractivity (Wildman–Crippen MR) is 115 cm³/mol. The molecular formula is C16H48N6OS. The van der Waals surface area contributed by atoms with Gasteiger partial charge in [0.05, 0.1) is 6.61 Å². The average molecular weight is 373 g/mol. The molecule has 154 valence electrons. The Morgan fingerprint density at radius 2 is 1.38 bits per heavy atom. The number of unbranched alkanes of at least 4 members (excludes halogenated alkanes) is 1. The van der Waals surface area contributed by atoms with Crippen LogP contribution in [0.1, 0.15) is 33.1 Å². The van der Waals surface area contributed by atoms with Gasteiger partial charge in [-0.05, 0) is 39.2 Å². The van der Waals surface area contributed by atoms with Crippen molar-refractivity contribution in [1.82, 2.24) is 5.32 Å². The molecule has 0 spiro atoms. The van der Waals surface area contributed by atoms with Gasteiger partial charge in [-0.3, -0.25) is 0 Å². The van der Waals surface area contributed by atoms with E-state index in [4.69, 9.17) is 28.7 Å². The van der Waals surface area contributed by atoms with Crippen LogP contribution in [0, 0.1) is 0 Å². The first-order chi connectivity index (χ1) is 11.6. The van der Waals surface area contributed by atoms with Gasteiger partial charge in [-0.25, -0.2) is 0 Å². The molecule has 8 heteroatoms. The van der Waals surface area contributed by atoms with Gasteiger partial charge in [0.2, 0.25) is 0 Å². The first kappa shape index (κ1) is 35.2. The molecule has 11 N–H and O–H groups in total. The van der Waals surface area contributed by atoms with Crippen molar-refractivity contribution >= 4 is 11.8 Å². The molecule has 0 saturated carbocycles. The summed E-state index contributed by atoms with van der Waals surface area (Å²) in [6.45, 7) is 9.59. The highest BCUT2D eigenvalue weighted by Gasteiger charge is 1.68. The summed E-state index contributed by atoms with van der Waals surface area (Å²) in [5.41, 5.74) is 25.4. The van der Waals surface area contributed by atoms with Gasteiger partial charge < -0.3 is 38.7 Å². The minimum atomic E-state index is 0.622. The first-order valence-corrected chi connectivity index (χ1v) is 10.1. The molecule has 0 rings (SSSR count). The second-order valence-electron chi connectivity index (χ2n) is 4.39. The summed E-state index contributed by atoms with van der Waals surface area (Å²) in [6, 6.07) is 0. The monoisotopic (exact) mass is 372 g/mol. The van der Waals surface area contributed by atoms with Crippen LogP contribution >= 0.6 is 11.8 Å². The Bertz CT molecular complexity index is 103. The van der Waals surface area contributed by atoms with Gasteiger partial charge in [0, 0.05) is 39.0 Å². The number of hydrogen-bond acceptors (Lipinski definition) is 8. The van der Waals surface area contributed by atoms with Gasteiger partial charge in [-0.1, -0.05) is 20.3 Å². The lowest BCUT2D eigenvalue weighted by Gasteiger charge is -1.85. The summed E-state index contributed by atoms with van der Waals surface area (Å²) in [5, 5.41) is 2.89. The highest BCUT2D eigenvalue weighted by Crippen LogP contribution is 1.83. The second-order valence-corrected chi connectivity index (χ2v) is 5.37. The molecule has 0 aliphatic heterocycles. The van der Waals surface area contributed by atoms with E-state index >= 15 is 0 Å². The lowest BCUT2D eigenvalue weighted by molar-refractivity contribution is 0.207. The second kappa shape index (κ2) is 56.8. The number of hydrogen-bond donors (Lipinski definition) is 6. The summed E-state index contributed by atoms with van der Waals surface area (Å²) in [5.74, 6) is 1.08. The SMILES string of the molecule is CCCCN.CCCN.CNCCN.COCCN.CSCCN. The van der Waals surface area contributed by atoms with Crippen molar-refractivity contribution in [1.29, 1.82) is 0 Å². The number of nitrogens with two attached hydrogens (primary N) is 5. The summed E-state index contributed by atoms with van der Waals surface area (Å²) >= 11 is 1.78. The Morgan fingerprint density at radius 1 is 0.833 bits per heavy atom. The van der Waals surface area contributed by atoms with Crippen LogP contribution in [0.2, 0.25) is 0 Å². The number of ether oxygens (including phenoxy) is 1. The molecule has 0 atom stereocenters. The Morgan fingerprint density at radius 3 is 1.38 bits per heavy atom. The first-order valence-electron chi connectivity index (χ1n) is 8.70. The van der Waals surface area contributed by atoms with Gasteiger partial charge in [0.25, 0.3) is 0 Å². The number of rotatable bonds is 9. The van der Waals surface area contributed by atoms with Crippen molar-refractivity contribution in [3.05, 3.63) is 0 Å². The van der Waals surface area contributed by atoms with E-state index in [1.54, 1.807) is 18.9 Å². The smallest absolute Gasteiger partial charge is 0.0584 e. The van der Waals surface area contributed by atoms with E-state index in [9.17, 15) is 0 Å². The van der Waals surface area contributed by atoms with Crippen LogP contribution in [0.5, 0.6) is 0 Å². The summed E-state index contributed by atoms with van der Waals surface area (Å²) in [6.07, 6.45) is 5.53. The molecule has 24 heavy (non-hydrogen) atoms. The minimum absolute atomic E-state index is 0.622. The van der Waals surface area contributed by atoms with Gasteiger partial charge in [-0.2, -0.15) is 11.8 Å². The molecule has 0 fully saturated rings. The maximum Gasteiger partial charge on any atom is 0.0584 e. The van der Waals surface area contributed by atoms with Crippen LogP contribution in [-0.4, -0.2) is 72.0 Å². The minimum Gasteiger partial charge on any atom is -0.383 e. The summed E-state index contributed by atoms with van der Waals surface area (Å²) in [4.78, 5) is 0. The maximum absolute atomic E-state index is 5.14. The number of methoxy groups -OCH3 is 1. The lowest BCUT2D eigenvalue weighted by atomic mass is 10.3. The largest absolute Gasteiger partial charge is 0.383 e. The van der Waals surface area contributed by atoms with Crippen molar-refractivity contribution in [3.8, 4) is 0 Å². The molecule has 0 aromatic carbocycles. The van der Waals surface area contributed by atoms with Crippen LogP contribution in [-0.2, 0) is 4.74 Å². The third-order valence-corrected chi connectivity index (χ3v) is 2.53. The third kappa shape index (κ3) is 119. The van der Waals surface area contributed by atoms with Crippen molar-refractivity contribution in [2.45, 2.75) is 33.1 Å². The average Bonchev–Trinajstić information content (AvgIpc) is 2.60. The molecule has 7 nitrogen and oxygen atoms in total. The fourth-order valence-electron chi connectivity index (χ4n) is 0.584. The van der Waals surface area contributed by atoms with E-state index in [1.165, 1.54) is 12.8 Å². The van der Waals surface area contributed by atoms with Crippen LogP contribution < -0.4 is 34.0 Å². The molecule has 0 saturated heterocycles. The van der Waals surface area contributed by atoms with Crippen LogP contribution in [0.4, 0.5) is 0 Å². The van der Waals surface area contributed by atoms with Crippen LogP contribution in [0.25, 0.3) is 0 Å². The quantitative estimate of drug-likeness (QED) is 0.335. The Kier molecular flexibility index (Phi) is 83.3. The van der Waals surface area contributed by atoms with E-state index in [0.29, 0.717) is 13.2 Å². The zero-order valence-electron chi connectivity index (χ0n) is 17.0. The Balaban J connectivity index is -0.0000000628. The molecule has 0 radical (unpaired) electrons. The van der Waals surface area contributed by atoms with Crippen molar-refractivity contribution < 1.29 is 4.74 Å². The molecule has 0 aromatic rings. The Hall–Kier alpha value is 0.0700. The van der Waals surface area contributed by atoms with E-state index in [1.807, 2.05) is 13.3 Å². The zero-order chi connectivity index (χ0) is 19.9. The topological polar surface area (TPSA) is 151 Å². The van der Waals surface area contributed by atoms with E-state index in [0.717, 1.165) is 44.9 Å². The van der Waals surface area contributed by atoms with Crippen molar-refractivity contribution in [3.63, 3.8) is 0 Å². The molecule has 0 unspecified atom stereocenters. The third-order valence-electron chi connectivity index (χ3n) is 1.88. The molecular weight excluding hydrogens is 324 g/mol. The molecule has 0 aliphatic rings. The number of thioether (sulfide) groups is 1. The fourth-order valence-corrected chi connectivity index (χ4v) is 0.820. The number of likely N-dealkylation sites (N-methyl/N-ethyl adjacent to an activating group) is 1. The van der Waals surface area contributed by atoms with E-state index < -0.39 is 0 Å². The highest BCUT2D eigenvalue weighted by molar-refractivity contribution is 7.98. The van der Waals surface area contributed by atoms with Crippen LogP contribution in [0.3, 0.4) is 0 Å². The predicted octanol–water partition coefficient (Wildman–Crippen LogP) is 0.164. The van der Waals surface area contributed by atoms with E-state index in [2.05, 4.69) is 23.9 Å². The maximum atomic E-state index is 5.14. The lowest BCUT2D eigenvalue weighted by Crippen LogP contribution is -2.17. The molecule has 0 bridgehead atoms.